The van der Waals surface area contributed by atoms with Crippen LogP contribution in [0.4, 0.5) is 0 Å². The van der Waals surface area contributed by atoms with Gasteiger partial charge in [-0.25, -0.2) is 0 Å². The molecule has 1 aromatic carbocycles. The summed E-state index contributed by atoms with van der Waals surface area (Å²) in [5, 5.41) is 8.93. The van der Waals surface area contributed by atoms with Crippen LogP contribution in [0.25, 0.3) is 0 Å². The Labute approximate surface area is 140 Å². The van der Waals surface area contributed by atoms with Crippen molar-refractivity contribution in [2.45, 2.75) is 18.9 Å². The second-order valence-corrected chi connectivity index (χ2v) is 5.61. The van der Waals surface area contributed by atoms with Crippen molar-refractivity contribution in [3.05, 3.63) is 47.9 Å². The van der Waals surface area contributed by atoms with E-state index in [1.807, 2.05) is 17.0 Å². The first kappa shape index (κ1) is 16.4. The van der Waals surface area contributed by atoms with Gasteiger partial charge in [0.1, 0.15) is 12.4 Å². The normalized spacial score (nSPS) is 17.1. The Balaban J connectivity index is 1.83. The number of methoxy groups -OCH3 is 1. The first-order chi connectivity index (χ1) is 11.7. The second-order valence-electron chi connectivity index (χ2n) is 5.61. The monoisotopic (exact) mass is 331 g/mol. The molecule has 0 bridgehead atoms. The molecule has 6 heteroatoms. The molecule has 1 saturated heterocycles. The molecular weight excluding hydrogens is 310 g/mol. The van der Waals surface area contributed by atoms with Gasteiger partial charge >= 0.3 is 0 Å². The molecule has 0 radical (unpaired) electrons. The Morgan fingerprint density at radius 2 is 2.25 bits per heavy atom. The molecule has 0 aliphatic carbocycles. The van der Waals surface area contributed by atoms with Crippen molar-refractivity contribution < 1.29 is 23.8 Å². The average Bonchev–Trinajstić information content (AvgIpc) is 3.29. The third-order valence-electron chi connectivity index (χ3n) is 4.14. The fraction of sp³-hybridized carbons (Fsp3) is 0.389. The lowest BCUT2D eigenvalue weighted by Crippen LogP contribution is -2.30. The van der Waals surface area contributed by atoms with Gasteiger partial charge in [-0.1, -0.05) is 0 Å². The van der Waals surface area contributed by atoms with Crippen LogP contribution in [0.15, 0.2) is 41.0 Å². The zero-order chi connectivity index (χ0) is 16.9. The van der Waals surface area contributed by atoms with E-state index in [1.54, 1.807) is 24.5 Å². The molecule has 1 aliphatic rings. The molecule has 1 fully saturated rings. The van der Waals surface area contributed by atoms with E-state index < -0.39 is 0 Å². The highest BCUT2D eigenvalue weighted by molar-refractivity contribution is 5.95. The van der Waals surface area contributed by atoms with E-state index in [9.17, 15) is 4.79 Å². The highest BCUT2D eigenvalue weighted by atomic mass is 16.5. The molecule has 1 N–H and O–H groups in total. The molecule has 128 valence electrons. The number of hydrogen-bond donors (Lipinski definition) is 1. The van der Waals surface area contributed by atoms with E-state index in [0.29, 0.717) is 23.6 Å². The second kappa shape index (κ2) is 7.40. The summed E-state index contributed by atoms with van der Waals surface area (Å²) < 4.78 is 16.2. The number of ether oxygens (including phenoxy) is 2. The molecule has 1 aromatic heterocycles. The van der Waals surface area contributed by atoms with Crippen LogP contribution < -0.4 is 9.47 Å². The van der Waals surface area contributed by atoms with Crippen molar-refractivity contribution in [1.29, 1.82) is 0 Å². The van der Waals surface area contributed by atoms with Crippen molar-refractivity contribution >= 4 is 5.91 Å². The Morgan fingerprint density at radius 1 is 1.38 bits per heavy atom. The van der Waals surface area contributed by atoms with Crippen LogP contribution in [0.1, 0.15) is 35.0 Å². The third kappa shape index (κ3) is 3.23. The van der Waals surface area contributed by atoms with Gasteiger partial charge < -0.3 is 23.9 Å². The van der Waals surface area contributed by atoms with E-state index in [4.69, 9.17) is 19.0 Å². The number of carbonyl (C=O) groups is 1. The van der Waals surface area contributed by atoms with Crippen molar-refractivity contribution in [2.75, 3.05) is 26.9 Å². The number of benzene rings is 1. The SMILES string of the molecule is COc1ccc(C(=O)N2CCCC2c2ccco2)cc1OCCO. The average molecular weight is 331 g/mol. The number of rotatable bonds is 6. The molecule has 1 atom stereocenters. The summed E-state index contributed by atoms with van der Waals surface area (Å²) in [6.45, 7) is 0.740. The van der Waals surface area contributed by atoms with Crippen LogP contribution in [0.3, 0.4) is 0 Å². The number of amides is 1. The fourth-order valence-corrected chi connectivity index (χ4v) is 3.03. The van der Waals surface area contributed by atoms with Gasteiger partial charge in [0.05, 0.1) is 26.0 Å². The minimum atomic E-state index is -0.103. The van der Waals surface area contributed by atoms with Crippen LogP contribution in [0.2, 0.25) is 0 Å². The van der Waals surface area contributed by atoms with Crippen molar-refractivity contribution in [1.82, 2.24) is 4.90 Å². The minimum Gasteiger partial charge on any atom is -0.493 e. The topological polar surface area (TPSA) is 72.1 Å². The summed E-state index contributed by atoms with van der Waals surface area (Å²) in [7, 11) is 1.54. The quantitative estimate of drug-likeness (QED) is 0.881. The van der Waals surface area contributed by atoms with Crippen LogP contribution in [0.5, 0.6) is 11.5 Å². The van der Waals surface area contributed by atoms with Gasteiger partial charge in [0, 0.05) is 12.1 Å². The first-order valence-corrected chi connectivity index (χ1v) is 8.00. The summed E-state index contributed by atoms with van der Waals surface area (Å²) in [4.78, 5) is 14.7. The zero-order valence-corrected chi connectivity index (χ0v) is 13.6. The Kier molecular flexibility index (Phi) is 5.05. The van der Waals surface area contributed by atoms with Gasteiger partial charge in [0.25, 0.3) is 5.91 Å². The third-order valence-corrected chi connectivity index (χ3v) is 4.14. The van der Waals surface area contributed by atoms with E-state index in [-0.39, 0.29) is 25.2 Å². The highest BCUT2D eigenvalue weighted by Gasteiger charge is 2.32. The predicted molar refractivity (Wildman–Crippen MR) is 87.3 cm³/mol. The molecular formula is C18H21NO5. The fourth-order valence-electron chi connectivity index (χ4n) is 3.03. The van der Waals surface area contributed by atoms with Crippen LogP contribution in [-0.4, -0.2) is 42.8 Å². The largest absolute Gasteiger partial charge is 0.493 e. The maximum absolute atomic E-state index is 12.9. The summed E-state index contributed by atoms with van der Waals surface area (Å²) in [5.74, 6) is 1.73. The minimum absolute atomic E-state index is 0.0311. The molecule has 0 saturated carbocycles. The van der Waals surface area contributed by atoms with Crippen molar-refractivity contribution in [3.63, 3.8) is 0 Å². The first-order valence-electron chi connectivity index (χ1n) is 8.00. The van der Waals surface area contributed by atoms with E-state index >= 15 is 0 Å². The molecule has 24 heavy (non-hydrogen) atoms. The Bertz CT molecular complexity index is 683. The molecule has 0 spiro atoms. The molecule has 3 rings (SSSR count). The Morgan fingerprint density at radius 3 is 2.96 bits per heavy atom. The summed E-state index contributed by atoms with van der Waals surface area (Å²) in [6.07, 6.45) is 3.47. The van der Waals surface area contributed by atoms with Crippen molar-refractivity contribution in [3.8, 4) is 11.5 Å². The van der Waals surface area contributed by atoms with E-state index in [0.717, 1.165) is 18.6 Å². The molecule has 1 amide bonds. The number of nitrogens with zero attached hydrogens (tertiary/aromatic N) is 1. The molecule has 1 aliphatic heterocycles. The summed E-state index contributed by atoms with van der Waals surface area (Å²) in [6, 6.07) is 8.80. The number of furan rings is 1. The number of carbonyl (C=O) groups excluding carboxylic acids is 1. The Hall–Kier alpha value is -2.47. The van der Waals surface area contributed by atoms with Crippen molar-refractivity contribution in [2.24, 2.45) is 0 Å². The van der Waals surface area contributed by atoms with Gasteiger partial charge in [0.15, 0.2) is 11.5 Å². The van der Waals surface area contributed by atoms with Gasteiger partial charge in [0.2, 0.25) is 0 Å². The number of hydrogen-bond acceptors (Lipinski definition) is 5. The smallest absolute Gasteiger partial charge is 0.254 e. The number of aliphatic hydroxyl groups is 1. The standard InChI is InChI=1S/C18H21NO5/c1-22-16-7-6-13(12-17(16)24-11-9-20)18(21)19-8-2-4-14(19)15-5-3-10-23-15/h3,5-7,10,12,14,20H,2,4,8-9,11H2,1H3. The molecule has 2 heterocycles. The van der Waals surface area contributed by atoms with Gasteiger partial charge in [-0.3, -0.25) is 4.79 Å². The van der Waals surface area contributed by atoms with Gasteiger partial charge in [-0.05, 0) is 43.2 Å². The lowest BCUT2D eigenvalue weighted by molar-refractivity contribution is 0.0719. The molecule has 6 nitrogen and oxygen atoms in total. The maximum atomic E-state index is 12.9. The van der Waals surface area contributed by atoms with Gasteiger partial charge in [-0.2, -0.15) is 0 Å². The predicted octanol–water partition coefficient (Wildman–Crippen LogP) is 2.64. The molecule has 2 aromatic rings. The maximum Gasteiger partial charge on any atom is 0.254 e. The van der Waals surface area contributed by atoms with E-state index in [2.05, 4.69) is 0 Å². The highest BCUT2D eigenvalue weighted by Crippen LogP contribution is 2.35. The van der Waals surface area contributed by atoms with Crippen LogP contribution in [0, 0.1) is 0 Å². The lowest BCUT2D eigenvalue weighted by Gasteiger charge is -2.23. The lowest BCUT2D eigenvalue weighted by atomic mass is 10.1. The zero-order valence-electron chi connectivity index (χ0n) is 13.6. The molecule has 1 unspecified atom stereocenters. The van der Waals surface area contributed by atoms with Gasteiger partial charge in [-0.15, -0.1) is 0 Å². The van der Waals surface area contributed by atoms with E-state index in [1.165, 1.54) is 7.11 Å². The summed E-state index contributed by atoms with van der Waals surface area (Å²) in [5.41, 5.74) is 0.530. The van der Waals surface area contributed by atoms with Crippen LogP contribution >= 0.6 is 0 Å². The van der Waals surface area contributed by atoms with Crippen LogP contribution in [-0.2, 0) is 0 Å². The number of likely N-dealkylation sites (tertiary alicyclic amines) is 1. The summed E-state index contributed by atoms with van der Waals surface area (Å²) >= 11 is 0. The number of aliphatic hydroxyl groups excluding tert-OH is 1.